The van der Waals surface area contributed by atoms with Crippen LogP contribution in [0.3, 0.4) is 0 Å². The van der Waals surface area contributed by atoms with Crippen molar-refractivity contribution in [2.75, 3.05) is 0 Å². The van der Waals surface area contributed by atoms with E-state index in [-0.39, 0.29) is 11.6 Å². The maximum Gasteiger partial charge on any atom is 0.331 e. The van der Waals surface area contributed by atoms with Gasteiger partial charge in [-0.1, -0.05) is 6.58 Å². The molecule has 3 heteroatoms. The van der Waals surface area contributed by atoms with E-state index in [4.69, 9.17) is 10.8 Å². The zero-order valence-corrected chi connectivity index (χ0v) is 5.42. The SMILES string of the molecule is C=C(C[C@H](C)N)C(=O)O. The zero-order valence-electron chi connectivity index (χ0n) is 5.42. The number of rotatable bonds is 3. The third kappa shape index (κ3) is 3.73. The van der Waals surface area contributed by atoms with E-state index in [0.717, 1.165) is 0 Å². The molecule has 52 valence electrons. The van der Waals surface area contributed by atoms with Crippen molar-refractivity contribution in [1.29, 1.82) is 0 Å². The zero-order chi connectivity index (χ0) is 7.44. The average Bonchev–Trinajstić information content (AvgIpc) is 1.63. The van der Waals surface area contributed by atoms with Crippen molar-refractivity contribution in [2.24, 2.45) is 5.73 Å². The molecule has 0 aliphatic heterocycles. The van der Waals surface area contributed by atoms with E-state index in [0.29, 0.717) is 6.42 Å². The third-order valence-corrected chi connectivity index (χ3v) is 0.871. The molecule has 0 unspecified atom stereocenters. The van der Waals surface area contributed by atoms with Gasteiger partial charge in [-0.3, -0.25) is 0 Å². The Morgan fingerprint density at radius 3 is 2.44 bits per heavy atom. The Kier molecular flexibility index (Phi) is 2.95. The molecule has 0 fully saturated rings. The molecule has 0 bridgehead atoms. The lowest BCUT2D eigenvalue weighted by Gasteiger charge is -2.02. The van der Waals surface area contributed by atoms with E-state index in [1.807, 2.05) is 0 Å². The number of hydrogen-bond donors (Lipinski definition) is 2. The van der Waals surface area contributed by atoms with Gasteiger partial charge in [0.2, 0.25) is 0 Å². The van der Waals surface area contributed by atoms with Gasteiger partial charge in [0, 0.05) is 11.6 Å². The Balaban J connectivity index is 3.65. The Morgan fingerprint density at radius 1 is 1.89 bits per heavy atom. The maximum absolute atomic E-state index is 10.1. The summed E-state index contributed by atoms with van der Waals surface area (Å²) in [5.41, 5.74) is 5.48. The second kappa shape index (κ2) is 3.25. The molecule has 0 aliphatic carbocycles. The summed E-state index contributed by atoms with van der Waals surface area (Å²) in [5.74, 6) is -0.965. The van der Waals surface area contributed by atoms with Crippen LogP contribution in [0.15, 0.2) is 12.2 Å². The molecular formula is C6H11NO2. The Morgan fingerprint density at radius 2 is 2.33 bits per heavy atom. The second-order valence-corrected chi connectivity index (χ2v) is 2.09. The fourth-order valence-electron chi connectivity index (χ4n) is 0.476. The fraction of sp³-hybridized carbons (Fsp3) is 0.500. The van der Waals surface area contributed by atoms with Crippen molar-refractivity contribution in [3.63, 3.8) is 0 Å². The summed E-state index contributed by atoms with van der Waals surface area (Å²) in [6, 6.07) is -0.117. The molecule has 0 heterocycles. The first-order valence-electron chi connectivity index (χ1n) is 2.70. The van der Waals surface area contributed by atoms with Gasteiger partial charge in [-0.15, -0.1) is 0 Å². The van der Waals surface area contributed by atoms with Crippen LogP contribution in [0.1, 0.15) is 13.3 Å². The molecular weight excluding hydrogens is 118 g/mol. The van der Waals surface area contributed by atoms with Crippen molar-refractivity contribution >= 4 is 5.97 Å². The minimum Gasteiger partial charge on any atom is -0.478 e. The van der Waals surface area contributed by atoms with Gasteiger partial charge in [-0.05, 0) is 13.3 Å². The smallest absolute Gasteiger partial charge is 0.331 e. The van der Waals surface area contributed by atoms with Gasteiger partial charge < -0.3 is 10.8 Å². The largest absolute Gasteiger partial charge is 0.478 e. The van der Waals surface area contributed by atoms with Gasteiger partial charge in [0.25, 0.3) is 0 Å². The molecule has 0 rings (SSSR count). The molecule has 0 saturated carbocycles. The molecule has 9 heavy (non-hydrogen) atoms. The number of carboxylic acids is 1. The normalized spacial score (nSPS) is 12.7. The average molecular weight is 129 g/mol. The topological polar surface area (TPSA) is 63.3 Å². The second-order valence-electron chi connectivity index (χ2n) is 2.09. The summed E-state index contributed by atoms with van der Waals surface area (Å²) in [5, 5.41) is 8.28. The predicted octanol–water partition coefficient (Wildman–Crippen LogP) is 0.365. The minimum atomic E-state index is -0.965. The molecule has 0 aromatic heterocycles. The van der Waals surface area contributed by atoms with E-state index >= 15 is 0 Å². The van der Waals surface area contributed by atoms with Crippen LogP contribution in [0, 0.1) is 0 Å². The van der Waals surface area contributed by atoms with Crippen molar-refractivity contribution in [2.45, 2.75) is 19.4 Å². The van der Waals surface area contributed by atoms with E-state index in [1.54, 1.807) is 6.92 Å². The van der Waals surface area contributed by atoms with Crippen molar-refractivity contribution in [3.8, 4) is 0 Å². The van der Waals surface area contributed by atoms with Crippen LogP contribution >= 0.6 is 0 Å². The molecule has 0 radical (unpaired) electrons. The van der Waals surface area contributed by atoms with Gasteiger partial charge in [-0.25, -0.2) is 4.79 Å². The van der Waals surface area contributed by atoms with Gasteiger partial charge in [0.05, 0.1) is 0 Å². The highest BCUT2D eigenvalue weighted by Gasteiger charge is 2.04. The summed E-state index contributed by atoms with van der Waals surface area (Å²) in [4.78, 5) is 10.1. The van der Waals surface area contributed by atoms with Crippen molar-refractivity contribution in [1.82, 2.24) is 0 Å². The standard InChI is InChI=1S/C6H11NO2/c1-4(6(8)9)3-5(2)7/h5H,1,3,7H2,2H3,(H,8,9)/t5-/m0/s1. The first-order chi connectivity index (χ1) is 4.04. The van der Waals surface area contributed by atoms with E-state index < -0.39 is 5.97 Å². The molecule has 0 spiro atoms. The molecule has 0 aromatic carbocycles. The number of carboxylic acid groups (broad SMARTS) is 1. The summed E-state index contributed by atoms with van der Waals surface area (Å²) in [6.07, 6.45) is 0.356. The number of hydrogen-bond acceptors (Lipinski definition) is 2. The highest BCUT2D eigenvalue weighted by molar-refractivity contribution is 5.85. The summed E-state index contributed by atoms with van der Waals surface area (Å²) >= 11 is 0. The van der Waals surface area contributed by atoms with Crippen LogP contribution in [-0.4, -0.2) is 17.1 Å². The number of aliphatic carboxylic acids is 1. The molecule has 3 N–H and O–H groups in total. The minimum absolute atomic E-state index is 0.117. The monoisotopic (exact) mass is 129 g/mol. The Labute approximate surface area is 54.2 Å². The Bertz CT molecular complexity index is 129. The van der Waals surface area contributed by atoms with Gasteiger partial charge in [-0.2, -0.15) is 0 Å². The summed E-state index contributed by atoms with van der Waals surface area (Å²) < 4.78 is 0. The molecule has 0 aliphatic rings. The van der Waals surface area contributed by atoms with Crippen LogP contribution in [0.25, 0.3) is 0 Å². The third-order valence-electron chi connectivity index (χ3n) is 0.871. The fourth-order valence-corrected chi connectivity index (χ4v) is 0.476. The highest BCUT2D eigenvalue weighted by atomic mass is 16.4. The van der Waals surface area contributed by atoms with Crippen LogP contribution in [0.4, 0.5) is 0 Å². The van der Waals surface area contributed by atoms with E-state index in [2.05, 4.69) is 6.58 Å². The maximum atomic E-state index is 10.1. The molecule has 0 amide bonds. The summed E-state index contributed by atoms with van der Waals surface area (Å²) in [6.45, 7) is 5.06. The lowest BCUT2D eigenvalue weighted by Crippen LogP contribution is -2.17. The molecule has 1 atom stereocenters. The molecule has 0 aromatic rings. The first-order valence-corrected chi connectivity index (χ1v) is 2.70. The van der Waals surface area contributed by atoms with Crippen LogP contribution < -0.4 is 5.73 Å². The lowest BCUT2D eigenvalue weighted by atomic mass is 10.1. The van der Waals surface area contributed by atoms with Crippen molar-refractivity contribution < 1.29 is 9.90 Å². The quantitative estimate of drug-likeness (QED) is 0.541. The number of nitrogens with two attached hydrogens (primary N) is 1. The highest BCUT2D eigenvalue weighted by Crippen LogP contribution is 1.99. The summed E-state index contributed by atoms with van der Waals surface area (Å²) in [7, 11) is 0. The van der Waals surface area contributed by atoms with Gasteiger partial charge in [0.15, 0.2) is 0 Å². The number of carbonyl (C=O) groups is 1. The van der Waals surface area contributed by atoms with Crippen LogP contribution in [-0.2, 0) is 4.79 Å². The van der Waals surface area contributed by atoms with E-state index in [1.165, 1.54) is 0 Å². The van der Waals surface area contributed by atoms with Crippen molar-refractivity contribution in [3.05, 3.63) is 12.2 Å². The van der Waals surface area contributed by atoms with E-state index in [9.17, 15) is 4.79 Å². The molecule has 3 nitrogen and oxygen atoms in total. The first kappa shape index (κ1) is 8.17. The molecule has 0 saturated heterocycles. The van der Waals surface area contributed by atoms with Crippen LogP contribution in [0.2, 0.25) is 0 Å². The van der Waals surface area contributed by atoms with Gasteiger partial charge in [0.1, 0.15) is 0 Å². The van der Waals surface area contributed by atoms with Gasteiger partial charge >= 0.3 is 5.97 Å². The Hall–Kier alpha value is -0.830. The van der Waals surface area contributed by atoms with Crippen LogP contribution in [0.5, 0.6) is 0 Å². The predicted molar refractivity (Wildman–Crippen MR) is 35.0 cm³/mol. The lowest BCUT2D eigenvalue weighted by molar-refractivity contribution is -0.132.